The number of hydrogen-bond acceptors (Lipinski definition) is 6. The van der Waals surface area contributed by atoms with E-state index < -0.39 is 0 Å². The molecule has 2 heterocycles. The van der Waals surface area contributed by atoms with Crippen LogP contribution in [-0.4, -0.2) is 41.8 Å². The third-order valence-corrected chi connectivity index (χ3v) is 2.59. The molecule has 2 atom stereocenters. The molecule has 6 heteroatoms. The maximum absolute atomic E-state index is 5.68. The van der Waals surface area contributed by atoms with Crippen molar-refractivity contribution in [3.05, 3.63) is 11.7 Å². The Kier molecular flexibility index (Phi) is 3.52. The number of hydrogen-bond donors (Lipinski definition) is 1. The summed E-state index contributed by atoms with van der Waals surface area (Å²) in [6.07, 6.45) is 1.93. The number of aromatic nitrogens is 2. The second kappa shape index (κ2) is 4.90. The number of rotatable bonds is 4. The van der Waals surface area contributed by atoms with E-state index in [2.05, 4.69) is 10.1 Å². The Bertz CT molecular complexity index is 339. The smallest absolute Gasteiger partial charge is 0.255 e. The van der Waals surface area contributed by atoms with Crippen LogP contribution in [0.1, 0.15) is 30.7 Å². The average molecular weight is 226 g/mol. The molecule has 0 aliphatic carbocycles. The summed E-state index contributed by atoms with van der Waals surface area (Å²) in [6.45, 7) is 1.23. The van der Waals surface area contributed by atoms with Crippen LogP contribution in [0.2, 0.25) is 0 Å². The Morgan fingerprint density at radius 3 is 2.88 bits per heavy atom. The first kappa shape index (κ1) is 11.5. The molecule has 0 radical (unpaired) electrons. The Labute approximate surface area is 94.7 Å². The van der Waals surface area contributed by atoms with Crippen LogP contribution in [0.4, 0.5) is 0 Å². The van der Waals surface area contributed by atoms with E-state index in [-0.39, 0.29) is 12.2 Å². The molecule has 2 unspecified atom stereocenters. The second-order valence-corrected chi connectivity index (χ2v) is 4.35. The summed E-state index contributed by atoms with van der Waals surface area (Å²) < 4.78 is 10.9. The van der Waals surface area contributed by atoms with Gasteiger partial charge in [0.1, 0.15) is 6.10 Å². The summed E-state index contributed by atoms with van der Waals surface area (Å²) >= 11 is 0. The van der Waals surface area contributed by atoms with Crippen LogP contribution in [-0.2, 0) is 11.3 Å². The van der Waals surface area contributed by atoms with Gasteiger partial charge in [-0.3, -0.25) is 0 Å². The largest absolute Gasteiger partial charge is 0.364 e. The summed E-state index contributed by atoms with van der Waals surface area (Å²) in [4.78, 5) is 6.31. The first-order chi connectivity index (χ1) is 7.69. The molecular formula is C10H18N4O2. The zero-order valence-electron chi connectivity index (χ0n) is 9.72. The van der Waals surface area contributed by atoms with Gasteiger partial charge in [-0.05, 0) is 26.9 Å². The van der Waals surface area contributed by atoms with E-state index in [0.717, 1.165) is 12.8 Å². The van der Waals surface area contributed by atoms with Crippen molar-refractivity contribution in [3.63, 3.8) is 0 Å². The molecule has 2 rings (SSSR count). The van der Waals surface area contributed by atoms with Gasteiger partial charge in [0.05, 0.1) is 12.6 Å². The van der Waals surface area contributed by atoms with Crippen LogP contribution < -0.4 is 5.73 Å². The molecule has 2 N–H and O–H groups in total. The molecule has 1 aliphatic rings. The summed E-state index contributed by atoms with van der Waals surface area (Å²) in [5, 5.41) is 3.91. The lowest BCUT2D eigenvalue weighted by Gasteiger charge is -2.07. The molecule has 6 nitrogen and oxygen atoms in total. The first-order valence-electron chi connectivity index (χ1n) is 5.51. The summed E-state index contributed by atoms with van der Waals surface area (Å²) in [5.41, 5.74) is 5.55. The molecule has 0 spiro atoms. The predicted octanol–water partition coefficient (Wildman–Crippen LogP) is 0.310. The quantitative estimate of drug-likeness (QED) is 0.796. The summed E-state index contributed by atoms with van der Waals surface area (Å²) in [5.74, 6) is 1.27. The lowest BCUT2D eigenvalue weighted by molar-refractivity contribution is 0.0307. The van der Waals surface area contributed by atoms with Crippen molar-refractivity contribution in [2.45, 2.75) is 31.6 Å². The standard InChI is InChI=1S/C10H18N4O2/c1-14(2)6-9-12-10(16-13-9)8-4-3-7(5-11)15-8/h7-8H,3-6,11H2,1-2H3. The van der Waals surface area contributed by atoms with E-state index in [4.69, 9.17) is 15.0 Å². The number of nitrogens with two attached hydrogens (primary N) is 1. The van der Waals surface area contributed by atoms with Gasteiger partial charge in [0.15, 0.2) is 5.82 Å². The van der Waals surface area contributed by atoms with Crippen LogP contribution >= 0.6 is 0 Å². The van der Waals surface area contributed by atoms with E-state index in [1.807, 2.05) is 19.0 Å². The van der Waals surface area contributed by atoms with Gasteiger partial charge in [0.2, 0.25) is 0 Å². The van der Waals surface area contributed by atoms with Crippen LogP contribution in [0.5, 0.6) is 0 Å². The van der Waals surface area contributed by atoms with Gasteiger partial charge in [0.25, 0.3) is 5.89 Å². The fraction of sp³-hybridized carbons (Fsp3) is 0.800. The fourth-order valence-electron chi connectivity index (χ4n) is 1.81. The van der Waals surface area contributed by atoms with Crippen LogP contribution in [0.25, 0.3) is 0 Å². The Balaban J connectivity index is 1.97. The van der Waals surface area contributed by atoms with Crippen molar-refractivity contribution in [2.75, 3.05) is 20.6 Å². The SMILES string of the molecule is CN(C)Cc1noc(C2CCC(CN)O2)n1. The monoisotopic (exact) mass is 226 g/mol. The average Bonchev–Trinajstić information content (AvgIpc) is 2.83. The molecule has 1 aliphatic heterocycles. The molecule has 90 valence electrons. The van der Waals surface area contributed by atoms with Gasteiger partial charge in [-0.1, -0.05) is 5.16 Å². The Hall–Kier alpha value is -0.980. The molecule has 1 aromatic rings. The van der Waals surface area contributed by atoms with E-state index in [1.54, 1.807) is 0 Å². The van der Waals surface area contributed by atoms with Crippen molar-refractivity contribution in [3.8, 4) is 0 Å². The molecule has 0 bridgehead atoms. The van der Waals surface area contributed by atoms with Gasteiger partial charge in [0, 0.05) is 6.54 Å². The van der Waals surface area contributed by atoms with Crippen molar-refractivity contribution < 1.29 is 9.26 Å². The Morgan fingerprint density at radius 2 is 2.25 bits per heavy atom. The van der Waals surface area contributed by atoms with Crippen LogP contribution in [0.15, 0.2) is 4.52 Å². The molecule has 0 aromatic carbocycles. The van der Waals surface area contributed by atoms with Crippen LogP contribution in [0.3, 0.4) is 0 Å². The maximum atomic E-state index is 5.68. The van der Waals surface area contributed by atoms with E-state index >= 15 is 0 Å². The number of nitrogens with zero attached hydrogens (tertiary/aromatic N) is 3. The lowest BCUT2D eigenvalue weighted by Crippen LogP contribution is -2.18. The molecule has 0 amide bonds. The van der Waals surface area contributed by atoms with Crippen molar-refractivity contribution in [1.82, 2.24) is 15.0 Å². The zero-order valence-corrected chi connectivity index (χ0v) is 9.72. The van der Waals surface area contributed by atoms with Gasteiger partial charge >= 0.3 is 0 Å². The van der Waals surface area contributed by atoms with E-state index in [1.165, 1.54) is 0 Å². The third kappa shape index (κ3) is 2.58. The second-order valence-electron chi connectivity index (χ2n) is 4.35. The third-order valence-electron chi connectivity index (χ3n) is 2.59. The minimum Gasteiger partial charge on any atom is -0.364 e. The topological polar surface area (TPSA) is 77.4 Å². The summed E-state index contributed by atoms with van der Waals surface area (Å²) in [7, 11) is 3.93. The minimum absolute atomic E-state index is 0.0723. The minimum atomic E-state index is -0.0723. The molecule has 16 heavy (non-hydrogen) atoms. The van der Waals surface area contributed by atoms with Gasteiger partial charge in [-0.15, -0.1) is 0 Å². The normalized spacial score (nSPS) is 25.5. The fourth-order valence-corrected chi connectivity index (χ4v) is 1.81. The van der Waals surface area contributed by atoms with E-state index in [0.29, 0.717) is 24.8 Å². The lowest BCUT2D eigenvalue weighted by atomic mass is 10.2. The number of ether oxygens (including phenoxy) is 1. The highest BCUT2D eigenvalue weighted by Gasteiger charge is 2.29. The van der Waals surface area contributed by atoms with Gasteiger partial charge in [-0.25, -0.2) is 0 Å². The molecule has 0 saturated carbocycles. The first-order valence-corrected chi connectivity index (χ1v) is 5.51. The molecular weight excluding hydrogens is 208 g/mol. The zero-order chi connectivity index (χ0) is 11.5. The van der Waals surface area contributed by atoms with Crippen LogP contribution in [0, 0.1) is 0 Å². The van der Waals surface area contributed by atoms with Crippen molar-refractivity contribution >= 4 is 0 Å². The highest BCUT2D eigenvalue weighted by molar-refractivity contribution is 4.93. The highest BCUT2D eigenvalue weighted by Crippen LogP contribution is 2.31. The predicted molar refractivity (Wildman–Crippen MR) is 57.6 cm³/mol. The van der Waals surface area contributed by atoms with E-state index in [9.17, 15) is 0 Å². The highest BCUT2D eigenvalue weighted by atomic mass is 16.5. The van der Waals surface area contributed by atoms with Crippen molar-refractivity contribution in [1.29, 1.82) is 0 Å². The molecule has 1 aromatic heterocycles. The van der Waals surface area contributed by atoms with Gasteiger partial charge in [-0.2, -0.15) is 4.98 Å². The maximum Gasteiger partial charge on any atom is 0.255 e. The van der Waals surface area contributed by atoms with Gasteiger partial charge < -0.3 is 19.9 Å². The van der Waals surface area contributed by atoms with Crippen molar-refractivity contribution in [2.24, 2.45) is 5.73 Å². The molecule has 1 fully saturated rings. The Morgan fingerprint density at radius 1 is 1.44 bits per heavy atom. The summed E-state index contributed by atoms with van der Waals surface area (Å²) in [6, 6.07) is 0. The molecule has 1 saturated heterocycles.